The highest BCUT2D eigenvalue weighted by Gasteiger charge is 2.47. The third kappa shape index (κ3) is 3.78. The SMILES string of the molecule is O=[N+]([O-])c1ccc(Cl)cc1COS(=O)(=O)C(F)(F)F. The molecule has 0 aromatic heterocycles. The largest absolute Gasteiger partial charge is 0.523 e. The molecule has 0 amide bonds. The van der Waals surface area contributed by atoms with Gasteiger partial charge in [0.1, 0.15) is 0 Å². The summed E-state index contributed by atoms with van der Waals surface area (Å²) in [5, 5.41) is 10.6. The van der Waals surface area contributed by atoms with Gasteiger partial charge in [0.2, 0.25) is 0 Å². The molecule has 0 aliphatic rings. The molecule has 1 aromatic rings. The van der Waals surface area contributed by atoms with Crippen LogP contribution in [0.2, 0.25) is 5.02 Å². The number of hydrogen-bond donors (Lipinski definition) is 0. The van der Waals surface area contributed by atoms with E-state index in [4.69, 9.17) is 11.6 Å². The quantitative estimate of drug-likeness (QED) is 0.368. The molecule has 0 saturated heterocycles. The van der Waals surface area contributed by atoms with Crippen molar-refractivity contribution in [3.05, 3.63) is 38.9 Å². The molecule has 0 N–H and O–H groups in total. The van der Waals surface area contributed by atoms with Crippen LogP contribution in [0.15, 0.2) is 18.2 Å². The highest BCUT2D eigenvalue weighted by atomic mass is 35.5. The molecule has 0 bridgehead atoms. The van der Waals surface area contributed by atoms with Crippen molar-refractivity contribution in [3.63, 3.8) is 0 Å². The molecule has 1 rings (SSSR count). The summed E-state index contributed by atoms with van der Waals surface area (Å²) in [6.45, 7) is -1.14. The normalized spacial score (nSPS) is 12.4. The highest BCUT2D eigenvalue weighted by Crippen LogP contribution is 2.28. The van der Waals surface area contributed by atoms with Crippen molar-refractivity contribution in [2.24, 2.45) is 0 Å². The van der Waals surface area contributed by atoms with Crippen LogP contribution in [0.25, 0.3) is 0 Å². The van der Waals surface area contributed by atoms with E-state index in [2.05, 4.69) is 4.18 Å². The van der Waals surface area contributed by atoms with E-state index in [-0.39, 0.29) is 10.6 Å². The average molecular weight is 320 g/mol. The lowest BCUT2D eigenvalue weighted by Crippen LogP contribution is -2.25. The number of benzene rings is 1. The predicted molar refractivity (Wildman–Crippen MR) is 57.9 cm³/mol. The summed E-state index contributed by atoms with van der Waals surface area (Å²) < 4.78 is 61.0. The van der Waals surface area contributed by atoms with Gasteiger partial charge in [0, 0.05) is 11.1 Å². The molecule has 0 spiro atoms. The molecule has 0 unspecified atom stereocenters. The molecule has 0 atom stereocenters. The van der Waals surface area contributed by atoms with Crippen molar-refractivity contribution in [1.29, 1.82) is 0 Å². The van der Waals surface area contributed by atoms with E-state index < -0.39 is 32.8 Å². The van der Waals surface area contributed by atoms with Crippen LogP contribution < -0.4 is 0 Å². The summed E-state index contributed by atoms with van der Waals surface area (Å²) in [5.74, 6) is 0. The zero-order valence-corrected chi connectivity index (χ0v) is 10.4. The van der Waals surface area contributed by atoms with Crippen LogP contribution in [-0.2, 0) is 20.9 Å². The number of rotatable bonds is 4. The monoisotopic (exact) mass is 319 g/mol. The number of alkyl halides is 3. The molecule has 0 radical (unpaired) electrons. The Labute approximate surface area is 110 Å². The lowest BCUT2D eigenvalue weighted by atomic mass is 10.2. The zero-order valence-electron chi connectivity index (χ0n) is 8.85. The summed E-state index contributed by atoms with van der Waals surface area (Å²) in [5.41, 5.74) is -6.58. The molecule has 19 heavy (non-hydrogen) atoms. The Bertz CT molecular complexity index is 601. The standard InChI is InChI=1S/C8H5ClF3NO5S/c9-6-1-2-7(13(14)15)5(3-6)4-18-19(16,17)8(10,11)12/h1-3H,4H2. The summed E-state index contributed by atoms with van der Waals surface area (Å²) >= 11 is 5.51. The van der Waals surface area contributed by atoms with Gasteiger partial charge in [-0.25, -0.2) is 0 Å². The lowest BCUT2D eigenvalue weighted by Gasteiger charge is -2.08. The topological polar surface area (TPSA) is 86.5 Å². The molecule has 0 fully saturated rings. The van der Waals surface area contributed by atoms with E-state index >= 15 is 0 Å². The second-order valence-electron chi connectivity index (χ2n) is 3.19. The summed E-state index contributed by atoms with van der Waals surface area (Å²) in [4.78, 5) is 9.70. The Balaban J connectivity index is 3.02. The average Bonchev–Trinajstić information content (AvgIpc) is 2.24. The minimum atomic E-state index is -5.82. The van der Waals surface area contributed by atoms with E-state index in [9.17, 15) is 31.7 Å². The number of nitro benzene ring substituents is 1. The zero-order chi connectivity index (χ0) is 14.8. The summed E-state index contributed by atoms with van der Waals surface area (Å²) in [7, 11) is -5.82. The first-order valence-corrected chi connectivity index (χ1v) is 6.22. The van der Waals surface area contributed by atoms with E-state index in [1.807, 2.05) is 0 Å². The maximum Gasteiger partial charge on any atom is 0.523 e. The van der Waals surface area contributed by atoms with Crippen molar-refractivity contribution in [3.8, 4) is 0 Å². The summed E-state index contributed by atoms with van der Waals surface area (Å²) in [6.07, 6.45) is 0. The van der Waals surface area contributed by atoms with Gasteiger partial charge in [-0.15, -0.1) is 0 Å². The second kappa shape index (κ2) is 5.31. The first-order chi connectivity index (χ1) is 8.54. The fourth-order valence-corrected chi connectivity index (χ4v) is 1.67. The molecule has 6 nitrogen and oxygen atoms in total. The Hall–Kier alpha value is -1.39. The summed E-state index contributed by atoms with van der Waals surface area (Å²) in [6, 6.07) is 3.02. The van der Waals surface area contributed by atoms with E-state index in [1.165, 1.54) is 0 Å². The van der Waals surface area contributed by atoms with Crippen molar-refractivity contribution in [1.82, 2.24) is 0 Å². The van der Waals surface area contributed by atoms with Crippen LogP contribution in [0.3, 0.4) is 0 Å². The van der Waals surface area contributed by atoms with Crippen LogP contribution in [0, 0.1) is 10.1 Å². The van der Waals surface area contributed by atoms with Crippen molar-refractivity contribution in [2.75, 3.05) is 0 Å². The van der Waals surface area contributed by atoms with Gasteiger partial charge < -0.3 is 0 Å². The van der Waals surface area contributed by atoms with Gasteiger partial charge in [0.25, 0.3) is 5.69 Å². The minimum absolute atomic E-state index is 0.00592. The van der Waals surface area contributed by atoms with Gasteiger partial charge in [0.15, 0.2) is 0 Å². The van der Waals surface area contributed by atoms with E-state index in [0.29, 0.717) is 0 Å². The third-order valence-corrected chi connectivity index (χ3v) is 3.12. The molecular weight excluding hydrogens is 315 g/mol. The maximum atomic E-state index is 12.0. The molecule has 0 heterocycles. The number of nitro groups is 1. The smallest absolute Gasteiger partial charge is 0.258 e. The van der Waals surface area contributed by atoms with Gasteiger partial charge in [-0.1, -0.05) is 11.6 Å². The van der Waals surface area contributed by atoms with Crippen molar-refractivity contribution in [2.45, 2.75) is 12.1 Å². The van der Waals surface area contributed by atoms with E-state index in [1.54, 1.807) is 0 Å². The van der Waals surface area contributed by atoms with Crippen LogP contribution in [0.1, 0.15) is 5.56 Å². The number of halogens is 4. The van der Waals surface area contributed by atoms with Gasteiger partial charge in [-0.3, -0.25) is 14.3 Å². The molecule has 0 saturated carbocycles. The maximum absolute atomic E-state index is 12.0. The third-order valence-electron chi connectivity index (χ3n) is 1.89. The highest BCUT2D eigenvalue weighted by molar-refractivity contribution is 7.87. The van der Waals surface area contributed by atoms with Gasteiger partial charge in [-0.05, 0) is 12.1 Å². The van der Waals surface area contributed by atoms with Gasteiger partial charge >= 0.3 is 15.6 Å². The molecular formula is C8H5ClF3NO5S. The van der Waals surface area contributed by atoms with Crippen LogP contribution in [0.4, 0.5) is 18.9 Å². The minimum Gasteiger partial charge on any atom is -0.258 e. The lowest BCUT2D eigenvalue weighted by molar-refractivity contribution is -0.385. The number of hydrogen-bond acceptors (Lipinski definition) is 5. The Morgan fingerprint density at radius 3 is 2.42 bits per heavy atom. The fourth-order valence-electron chi connectivity index (χ4n) is 1.06. The van der Waals surface area contributed by atoms with Crippen LogP contribution >= 0.6 is 11.6 Å². The van der Waals surface area contributed by atoms with Crippen molar-refractivity contribution < 1.29 is 30.7 Å². The van der Waals surface area contributed by atoms with Crippen LogP contribution in [0.5, 0.6) is 0 Å². The van der Waals surface area contributed by atoms with Crippen molar-refractivity contribution >= 4 is 27.4 Å². The molecule has 0 aliphatic heterocycles. The first kappa shape index (κ1) is 15.7. The Kier molecular flexibility index (Phi) is 4.38. The molecule has 0 aliphatic carbocycles. The van der Waals surface area contributed by atoms with E-state index in [0.717, 1.165) is 18.2 Å². The fraction of sp³-hybridized carbons (Fsp3) is 0.250. The van der Waals surface area contributed by atoms with Crippen LogP contribution in [-0.4, -0.2) is 18.8 Å². The van der Waals surface area contributed by atoms with Gasteiger partial charge in [-0.2, -0.15) is 21.6 Å². The Morgan fingerprint density at radius 2 is 1.95 bits per heavy atom. The van der Waals surface area contributed by atoms with Gasteiger partial charge in [0.05, 0.1) is 17.1 Å². The number of nitrogens with zero attached hydrogens (tertiary/aromatic N) is 1. The predicted octanol–water partition coefficient (Wildman–Crippen LogP) is 2.61. The molecule has 106 valence electrons. The second-order valence-corrected chi connectivity index (χ2v) is 5.24. The molecule has 11 heteroatoms. The molecule has 1 aromatic carbocycles. The first-order valence-electron chi connectivity index (χ1n) is 4.43. The Morgan fingerprint density at radius 1 is 1.37 bits per heavy atom.